The van der Waals surface area contributed by atoms with E-state index in [-0.39, 0.29) is 11.8 Å². The Hall–Kier alpha value is -3.12. The second-order valence-corrected chi connectivity index (χ2v) is 7.27. The van der Waals surface area contributed by atoms with Crippen molar-refractivity contribution >= 4 is 23.1 Å². The lowest BCUT2D eigenvalue weighted by molar-refractivity contribution is -0.121. The van der Waals surface area contributed by atoms with Crippen LogP contribution in [0.3, 0.4) is 0 Å². The van der Waals surface area contributed by atoms with Gasteiger partial charge < -0.3 is 14.4 Å². The van der Waals surface area contributed by atoms with Crippen LogP contribution in [0.2, 0.25) is 0 Å². The number of morpholine rings is 1. The van der Waals surface area contributed by atoms with E-state index in [1.807, 2.05) is 36.9 Å². The molecule has 0 saturated carbocycles. The third-order valence-corrected chi connectivity index (χ3v) is 5.51. The maximum Gasteiger partial charge on any atom is 0.282 e. The molecule has 0 aromatic heterocycles. The maximum absolute atomic E-state index is 13.5. The van der Waals surface area contributed by atoms with Crippen LogP contribution in [0.5, 0.6) is 5.75 Å². The van der Waals surface area contributed by atoms with E-state index in [1.54, 1.807) is 31.4 Å². The van der Waals surface area contributed by atoms with Crippen LogP contribution < -0.4 is 9.64 Å². The zero-order valence-corrected chi connectivity index (χ0v) is 16.9. The van der Waals surface area contributed by atoms with E-state index in [4.69, 9.17) is 9.47 Å². The third-order valence-electron chi connectivity index (χ3n) is 5.51. The number of hydrogen-bond donors (Lipinski definition) is 0. The monoisotopic (exact) mass is 392 g/mol. The molecule has 0 bridgehead atoms. The molecule has 1 fully saturated rings. The van der Waals surface area contributed by atoms with Crippen molar-refractivity contribution in [3.8, 4) is 5.75 Å². The first kappa shape index (κ1) is 19.2. The second-order valence-electron chi connectivity index (χ2n) is 7.27. The predicted molar refractivity (Wildman–Crippen MR) is 111 cm³/mol. The fourth-order valence-electron chi connectivity index (χ4n) is 3.72. The number of nitrogens with zero attached hydrogens (tertiary/aromatic N) is 2. The highest BCUT2D eigenvalue weighted by molar-refractivity contribution is 6.45. The lowest BCUT2D eigenvalue weighted by Gasteiger charge is -2.29. The number of amides is 2. The van der Waals surface area contributed by atoms with Gasteiger partial charge in [-0.1, -0.05) is 18.2 Å². The quantitative estimate of drug-likeness (QED) is 0.749. The normalized spacial score (nSPS) is 17.3. The van der Waals surface area contributed by atoms with Gasteiger partial charge in [-0.05, 0) is 54.8 Å². The summed E-state index contributed by atoms with van der Waals surface area (Å²) in [5, 5.41) is 0. The molecule has 6 heteroatoms. The highest BCUT2D eigenvalue weighted by Crippen LogP contribution is 2.36. The van der Waals surface area contributed by atoms with E-state index in [2.05, 4.69) is 0 Å². The lowest BCUT2D eigenvalue weighted by atomic mass is 9.99. The van der Waals surface area contributed by atoms with Gasteiger partial charge in [0.1, 0.15) is 11.4 Å². The number of hydrogen-bond acceptors (Lipinski definition) is 5. The summed E-state index contributed by atoms with van der Waals surface area (Å²) >= 11 is 0. The Kier molecular flexibility index (Phi) is 5.11. The number of carbonyl (C=O) groups excluding carboxylic acids is 2. The lowest BCUT2D eigenvalue weighted by Crippen LogP contribution is -2.40. The predicted octanol–water partition coefficient (Wildman–Crippen LogP) is 2.93. The van der Waals surface area contributed by atoms with Crippen LogP contribution in [0.4, 0.5) is 5.69 Å². The molecule has 0 N–H and O–H groups in total. The molecule has 150 valence electrons. The van der Waals surface area contributed by atoms with Gasteiger partial charge in [0, 0.05) is 13.1 Å². The van der Waals surface area contributed by atoms with Crippen molar-refractivity contribution < 1.29 is 19.1 Å². The van der Waals surface area contributed by atoms with Crippen molar-refractivity contribution in [1.29, 1.82) is 0 Å². The molecular weight excluding hydrogens is 368 g/mol. The molecule has 1 saturated heterocycles. The van der Waals surface area contributed by atoms with Crippen molar-refractivity contribution in [2.24, 2.45) is 0 Å². The van der Waals surface area contributed by atoms with Gasteiger partial charge >= 0.3 is 0 Å². The molecule has 2 amide bonds. The Bertz CT molecular complexity index is 988. The molecule has 0 atom stereocenters. The Labute approximate surface area is 170 Å². The van der Waals surface area contributed by atoms with Crippen molar-refractivity contribution in [1.82, 2.24) is 4.90 Å². The smallest absolute Gasteiger partial charge is 0.282 e. The molecule has 29 heavy (non-hydrogen) atoms. The minimum Gasteiger partial charge on any atom is -0.497 e. The van der Waals surface area contributed by atoms with Crippen LogP contribution in [0.1, 0.15) is 16.7 Å². The van der Waals surface area contributed by atoms with Gasteiger partial charge in [0.2, 0.25) is 0 Å². The second kappa shape index (κ2) is 7.72. The third kappa shape index (κ3) is 3.40. The number of ether oxygens (including phenoxy) is 2. The fourth-order valence-corrected chi connectivity index (χ4v) is 3.72. The van der Waals surface area contributed by atoms with Gasteiger partial charge in [-0.25, -0.2) is 4.90 Å². The van der Waals surface area contributed by atoms with Crippen LogP contribution in [-0.2, 0) is 14.3 Å². The van der Waals surface area contributed by atoms with Gasteiger partial charge in [0.15, 0.2) is 0 Å². The Balaban J connectivity index is 1.81. The summed E-state index contributed by atoms with van der Waals surface area (Å²) in [5.74, 6) is 0.0730. The Morgan fingerprint density at radius 1 is 0.897 bits per heavy atom. The highest BCUT2D eigenvalue weighted by Gasteiger charge is 2.42. The highest BCUT2D eigenvalue weighted by atomic mass is 16.5. The standard InChI is InChI=1S/C23H24N2O4/c1-15-4-5-17(14-16(15)2)20-21(24-10-12-29-13-11-24)23(27)25(22(20)26)18-6-8-19(28-3)9-7-18/h4-9,14H,10-13H2,1-3H3. The molecule has 0 radical (unpaired) electrons. The van der Waals surface area contributed by atoms with Crippen molar-refractivity contribution in [3.63, 3.8) is 0 Å². The van der Waals surface area contributed by atoms with Crippen LogP contribution >= 0.6 is 0 Å². The van der Waals surface area contributed by atoms with Crippen LogP contribution in [-0.4, -0.2) is 50.1 Å². The molecule has 2 aromatic carbocycles. The number of carbonyl (C=O) groups is 2. The summed E-state index contributed by atoms with van der Waals surface area (Å²) in [6.45, 7) is 6.28. The number of methoxy groups -OCH3 is 1. The summed E-state index contributed by atoms with van der Waals surface area (Å²) in [6, 6.07) is 12.8. The van der Waals surface area contributed by atoms with E-state index in [1.165, 1.54) is 4.90 Å². The molecule has 2 aliphatic heterocycles. The Morgan fingerprint density at radius 2 is 1.59 bits per heavy atom. The Morgan fingerprint density at radius 3 is 2.21 bits per heavy atom. The van der Waals surface area contributed by atoms with E-state index < -0.39 is 0 Å². The molecule has 2 aliphatic rings. The molecule has 0 aliphatic carbocycles. The first-order valence-electron chi connectivity index (χ1n) is 9.68. The first-order chi connectivity index (χ1) is 14.0. The summed E-state index contributed by atoms with van der Waals surface area (Å²) < 4.78 is 10.6. The minimum absolute atomic E-state index is 0.296. The van der Waals surface area contributed by atoms with Gasteiger partial charge in [-0.2, -0.15) is 0 Å². The van der Waals surface area contributed by atoms with E-state index in [0.29, 0.717) is 49.0 Å². The summed E-state index contributed by atoms with van der Waals surface area (Å²) in [5.41, 5.74) is 4.44. The van der Waals surface area contributed by atoms with Crippen molar-refractivity contribution in [2.45, 2.75) is 13.8 Å². The first-order valence-corrected chi connectivity index (χ1v) is 9.68. The largest absolute Gasteiger partial charge is 0.497 e. The average molecular weight is 392 g/mol. The SMILES string of the molecule is COc1ccc(N2C(=O)C(c3ccc(C)c(C)c3)=C(N3CCOCC3)C2=O)cc1. The summed E-state index contributed by atoms with van der Waals surface area (Å²) in [4.78, 5) is 30.1. The molecule has 4 rings (SSSR count). The molecule has 0 unspecified atom stereocenters. The van der Waals surface area contributed by atoms with E-state index in [9.17, 15) is 9.59 Å². The molecular formula is C23H24N2O4. The maximum atomic E-state index is 13.5. The van der Waals surface area contributed by atoms with Gasteiger partial charge in [-0.3, -0.25) is 9.59 Å². The summed E-state index contributed by atoms with van der Waals surface area (Å²) in [7, 11) is 1.58. The van der Waals surface area contributed by atoms with Gasteiger partial charge in [0.05, 0.1) is 31.6 Å². The van der Waals surface area contributed by atoms with Crippen LogP contribution in [0.15, 0.2) is 48.2 Å². The van der Waals surface area contributed by atoms with E-state index >= 15 is 0 Å². The fraction of sp³-hybridized carbons (Fsp3) is 0.304. The van der Waals surface area contributed by atoms with E-state index in [0.717, 1.165) is 16.7 Å². The van der Waals surface area contributed by atoms with Gasteiger partial charge in [-0.15, -0.1) is 0 Å². The van der Waals surface area contributed by atoms with Crippen molar-refractivity contribution in [2.75, 3.05) is 38.3 Å². The number of imide groups is 1. The topological polar surface area (TPSA) is 59.1 Å². The zero-order chi connectivity index (χ0) is 20.5. The minimum atomic E-state index is -0.301. The molecule has 2 aromatic rings. The number of benzene rings is 2. The van der Waals surface area contributed by atoms with Crippen molar-refractivity contribution in [3.05, 3.63) is 64.9 Å². The van der Waals surface area contributed by atoms with Crippen LogP contribution in [0.25, 0.3) is 5.57 Å². The zero-order valence-electron chi connectivity index (χ0n) is 16.9. The molecule has 6 nitrogen and oxygen atoms in total. The summed E-state index contributed by atoms with van der Waals surface area (Å²) in [6.07, 6.45) is 0. The number of rotatable bonds is 4. The average Bonchev–Trinajstić information content (AvgIpc) is 3.01. The van der Waals surface area contributed by atoms with Gasteiger partial charge in [0.25, 0.3) is 11.8 Å². The number of anilines is 1. The van der Waals surface area contributed by atoms with Crippen LogP contribution in [0, 0.1) is 13.8 Å². The molecule has 2 heterocycles. The number of aryl methyl sites for hydroxylation is 2. The molecule has 0 spiro atoms.